The summed E-state index contributed by atoms with van der Waals surface area (Å²) in [7, 11) is 0. The van der Waals surface area contributed by atoms with Crippen molar-refractivity contribution in [3.63, 3.8) is 0 Å². The highest BCUT2D eigenvalue weighted by molar-refractivity contribution is 5.82. The molecule has 2 saturated heterocycles. The van der Waals surface area contributed by atoms with Gasteiger partial charge in [0, 0.05) is 25.6 Å². The SMILES string of the molecule is O=C(NCC1CCCN1Cc1ccccc1)C1CC(F)(F)CN1. The first kappa shape index (κ1) is 16.3. The van der Waals surface area contributed by atoms with Gasteiger partial charge in [-0.3, -0.25) is 15.0 Å². The van der Waals surface area contributed by atoms with Crippen LogP contribution in [-0.2, 0) is 11.3 Å². The zero-order valence-electron chi connectivity index (χ0n) is 13.1. The number of hydrogen-bond acceptors (Lipinski definition) is 3. The van der Waals surface area contributed by atoms with E-state index in [1.165, 1.54) is 5.56 Å². The number of nitrogens with one attached hydrogen (secondary N) is 2. The Balaban J connectivity index is 1.48. The van der Waals surface area contributed by atoms with E-state index in [1.54, 1.807) is 0 Å². The summed E-state index contributed by atoms with van der Waals surface area (Å²) >= 11 is 0. The highest BCUT2D eigenvalue weighted by Crippen LogP contribution is 2.25. The fraction of sp³-hybridized carbons (Fsp3) is 0.588. The fourth-order valence-electron chi connectivity index (χ4n) is 3.39. The molecule has 0 spiro atoms. The third-order valence-corrected chi connectivity index (χ3v) is 4.67. The quantitative estimate of drug-likeness (QED) is 0.868. The number of alkyl halides is 2. The van der Waals surface area contributed by atoms with E-state index in [0.717, 1.165) is 25.9 Å². The van der Waals surface area contributed by atoms with Gasteiger partial charge in [0.1, 0.15) is 0 Å². The summed E-state index contributed by atoms with van der Waals surface area (Å²) in [6.45, 7) is 1.99. The molecule has 3 rings (SSSR count). The molecule has 2 aliphatic heterocycles. The van der Waals surface area contributed by atoms with E-state index in [-0.39, 0.29) is 11.9 Å². The van der Waals surface area contributed by atoms with Gasteiger partial charge in [0.2, 0.25) is 5.91 Å². The maximum Gasteiger partial charge on any atom is 0.262 e. The molecule has 2 unspecified atom stereocenters. The Labute approximate surface area is 135 Å². The molecule has 23 heavy (non-hydrogen) atoms. The van der Waals surface area contributed by atoms with E-state index >= 15 is 0 Å². The van der Waals surface area contributed by atoms with Crippen molar-refractivity contribution in [2.24, 2.45) is 0 Å². The van der Waals surface area contributed by atoms with Crippen molar-refractivity contribution >= 4 is 5.91 Å². The monoisotopic (exact) mass is 323 g/mol. The molecule has 6 heteroatoms. The molecule has 0 saturated carbocycles. The van der Waals surface area contributed by atoms with Crippen LogP contribution < -0.4 is 10.6 Å². The van der Waals surface area contributed by atoms with Crippen LogP contribution in [0.25, 0.3) is 0 Å². The van der Waals surface area contributed by atoms with Crippen LogP contribution in [0.15, 0.2) is 30.3 Å². The Kier molecular flexibility index (Phi) is 4.92. The van der Waals surface area contributed by atoms with Crippen LogP contribution in [0.3, 0.4) is 0 Å². The van der Waals surface area contributed by atoms with Gasteiger partial charge in [-0.15, -0.1) is 0 Å². The van der Waals surface area contributed by atoms with Crippen molar-refractivity contribution in [2.75, 3.05) is 19.6 Å². The number of carbonyl (C=O) groups excluding carboxylic acids is 1. The number of benzene rings is 1. The zero-order chi connectivity index (χ0) is 16.3. The molecule has 0 bridgehead atoms. The van der Waals surface area contributed by atoms with Crippen LogP contribution in [0.2, 0.25) is 0 Å². The summed E-state index contributed by atoms with van der Waals surface area (Å²) in [6, 6.07) is 9.74. The number of likely N-dealkylation sites (tertiary alicyclic amines) is 1. The predicted molar refractivity (Wildman–Crippen MR) is 84.2 cm³/mol. The minimum absolute atomic E-state index is 0.279. The predicted octanol–water partition coefficient (Wildman–Crippen LogP) is 1.76. The van der Waals surface area contributed by atoms with Crippen molar-refractivity contribution in [2.45, 2.75) is 43.8 Å². The lowest BCUT2D eigenvalue weighted by molar-refractivity contribution is -0.123. The van der Waals surface area contributed by atoms with Crippen molar-refractivity contribution in [1.29, 1.82) is 0 Å². The van der Waals surface area contributed by atoms with E-state index in [1.807, 2.05) is 18.2 Å². The summed E-state index contributed by atoms with van der Waals surface area (Å²) < 4.78 is 26.3. The first-order chi connectivity index (χ1) is 11.0. The minimum atomic E-state index is -2.77. The first-order valence-electron chi connectivity index (χ1n) is 8.20. The van der Waals surface area contributed by atoms with E-state index in [9.17, 15) is 13.6 Å². The first-order valence-corrected chi connectivity index (χ1v) is 8.20. The number of halogens is 2. The summed E-state index contributed by atoms with van der Waals surface area (Å²) in [5.74, 6) is -3.08. The van der Waals surface area contributed by atoms with Gasteiger partial charge in [-0.25, -0.2) is 8.78 Å². The molecule has 0 aromatic heterocycles. The average molecular weight is 323 g/mol. The molecule has 1 aromatic carbocycles. The van der Waals surface area contributed by atoms with Gasteiger partial charge in [-0.1, -0.05) is 30.3 Å². The van der Waals surface area contributed by atoms with Crippen LogP contribution in [0.1, 0.15) is 24.8 Å². The summed E-state index contributed by atoms with van der Waals surface area (Å²) in [5, 5.41) is 5.44. The second-order valence-electron chi connectivity index (χ2n) is 6.49. The van der Waals surface area contributed by atoms with Crippen LogP contribution in [-0.4, -0.2) is 48.4 Å². The lowest BCUT2D eigenvalue weighted by Gasteiger charge is -2.25. The summed E-state index contributed by atoms with van der Waals surface area (Å²) in [4.78, 5) is 14.4. The number of amides is 1. The summed E-state index contributed by atoms with van der Waals surface area (Å²) in [6.07, 6.45) is 1.73. The lowest BCUT2D eigenvalue weighted by Crippen LogP contribution is -2.45. The highest BCUT2D eigenvalue weighted by Gasteiger charge is 2.42. The highest BCUT2D eigenvalue weighted by atomic mass is 19.3. The molecule has 4 nitrogen and oxygen atoms in total. The topological polar surface area (TPSA) is 44.4 Å². The third-order valence-electron chi connectivity index (χ3n) is 4.67. The molecule has 2 heterocycles. The van der Waals surface area contributed by atoms with Crippen LogP contribution in [0.4, 0.5) is 8.78 Å². The Hall–Kier alpha value is -1.53. The summed E-state index contributed by atoms with van der Waals surface area (Å²) in [5.41, 5.74) is 1.25. The zero-order valence-corrected chi connectivity index (χ0v) is 13.1. The van der Waals surface area contributed by atoms with Crippen molar-refractivity contribution in [3.8, 4) is 0 Å². The average Bonchev–Trinajstić information content (AvgIpc) is 3.12. The normalized spacial score (nSPS) is 27.2. The van der Waals surface area contributed by atoms with Crippen LogP contribution in [0.5, 0.6) is 0 Å². The van der Waals surface area contributed by atoms with Gasteiger partial charge in [0.25, 0.3) is 5.92 Å². The fourth-order valence-corrected chi connectivity index (χ4v) is 3.39. The van der Waals surface area contributed by atoms with E-state index in [0.29, 0.717) is 6.54 Å². The molecule has 1 amide bonds. The van der Waals surface area contributed by atoms with Crippen molar-refractivity contribution in [3.05, 3.63) is 35.9 Å². The molecule has 2 N–H and O–H groups in total. The van der Waals surface area contributed by atoms with Gasteiger partial charge in [-0.05, 0) is 24.9 Å². The Morgan fingerprint density at radius 2 is 2.13 bits per heavy atom. The number of hydrogen-bond donors (Lipinski definition) is 2. The molecule has 2 aliphatic rings. The standard InChI is InChI=1S/C17H23F2N3O/c18-17(19)9-15(21-12-17)16(23)20-10-14-7-4-8-22(14)11-13-5-2-1-3-6-13/h1-3,5-6,14-15,21H,4,7-12H2,(H,20,23). The largest absolute Gasteiger partial charge is 0.353 e. The molecule has 0 aliphatic carbocycles. The van der Waals surface area contributed by atoms with E-state index in [2.05, 4.69) is 27.7 Å². The molecule has 0 radical (unpaired) electrons. The van der Waals surface area contributed by atoms with Crippen LogP contribution in [0, 0.1) is 0 Å². The Morgan fingerprint density at radius 3 is 2.83 bits per heavy atom. The Bertz CT molecular complexity index is 538. The second kappa shape index (κ2) is 6.93. The maximum atomic E-state index is 13.1. The van der Waals surface area contributed by atoms with Gasteiger partial charge in [-0.2, -0.15) is 0 Å². The molecule has 2 atom stereocenters. The minimum Gasteiger partial charge on any atom is -0.353 e. The van der Waals surface area contributed by atoms with Gasteiger partial charge in [0.15, 0.2) is 0 Å². The molecular formula is C17H23F2N3O. The van der Waals surface area contributed by atoms with Crippen molar-refractivity contribution < 1.29 is 13.6 Å². The maximum absolute atomic E-state index is 13.1. The van der Waals surface area contributed by atoms with Gasteiger partial charge in [0.05, 0.1) is 12.6 Å². The molecular weight excluding hydrogens is 300 g/mol. The Morgan fingerprint density at radius 1 is 1.35 bits per heavy atom. The van der Waals surface area contributed by atoms with Gasteiger partial charge < -0.3 is 5.32 Å². The van der Waals surface area contributed by atoms with Gasteiger partial charge >= 0.3 is 0 Å². The molecule has 2 fully saturated rings. The van der Waals surface area contributed by atoms with E-state index < -0.39 is 24.9 Å². The molecule has 126 valence electrons. The number of nitrogens with zero attached hydrogens (tertiary/aromatic N) is 1. The number of carbonyl (C=O) groups is 1. The third kappa shape index (κ3) is 4.26. The number of rotatable bonds is 5. The molecule has 1 aromatic rings. The lowest BCUT2D eigenvalue weighted by atomic mass is 10.1. The second-order valence-corrected chi connectivity index (χ2v) is 6.49. The van der Waals surface area contributed by atoms with Crippen LogP contribution >= 0.6 is 0 Å². The van der Waals surface area contributed by atoms with E-state index in [4.69, 9.17) is 0 Å². The van der Waals surface area contributed by atoms with Crippen molar-refractivity contribution in [1.82, 2.24) is 15.5 Å². The smallest absolute Gasteiger partial charge is 0.262 e.